The quantitative estimate of drug-likeness (QED) is 0.726. The number of nitrogens with one attached hydrogen (secondary N) is 1. The van der Waals surface area contributed by atoms with E-state index in [1.54, 1.807) is 0 Å². The summed E-state index contributed by atoms with van der Waals surface area (Å²) >= 11 is 0. The minimum Gasteiger partial charge on any atom is -0.480 e. The molecule has 0 saturated carbocycles. The van der Waals surface area contributed by atoms with Gasteiger partial charge in [0, 0.05) is 26.1 Å². The number of hydrogen-bond donors (Lipinski definition) is 2. The Labute approximate surface area is 95.8 Å². The second kappa shape index (κ2) is 5.84. The molecule has 1 fully saturated rings. The molecule has 0 bridgehead atoms. The summed E-state index contributed by atoms with van der Waals surface area (Å²) in [6, 6.07) is -0.703. The smallest absolute Gasteiger partial charge is 0.327 e. The lowest BCUT2D eigenvalue weighted by Crippen LogP contribution is -2.57. The first kappa shape index (κ1) is 13.0. The molecule has 5 nitrogen and oxygen atoms in total. The summed E-state index contributed by atoms with van der Waals surface area (Å²) in [5.41, 5.74) is 0. The van der Waals surface area contributed by atoms with Crippen LogP contribution in [0.15, 0.2) is 0 Å². The van der Waals surface area contributed by atoms with Crippen LogP contribution >= 0.6 is 0 Å². The minimum atomic E-state index is -0.926. The summed E-state index contributed by atoms with van der Waals surface area (Å²) in [6.45, 7) is 5.56. The summed E-state index contributed by atoms with van der Waals surface area (Å²) in [6.07, 6.45) is 1.38. The molecule has 2 N–H and O–H groups in total. The lowest BCUT2D eigenvalue weighted by Gasteiger charge is -2.34. The van der Waals surface area contributed by atoms with Gasteiger partial charge in [0.2, 0.25) is 5.91 Å². The van der Waals surface area contributed by atoms with Gasteiger partial charge in [-0.2, -0.15) is 0 Å². The average Bonchev–Trinajstić information content (AvgIpc) is 2.28. The van der Waals surface area contributed by atoms with Crippen molar-refractivity contribution in [1.82, 2.24) is 10.2 Å². The number of carboxylic acid groups (broad SMARTS) is 1. The molecule has 2 atom stereocenters. The van der Waals surface area contributed by atoms with Gasteiger partial charge in [-0.05, 0) is 5.92 Å². The Kier molecular flexibility index (Phi) is 4.73. The molecule has 0 spiro atoms. The SMILES string of the molecule is CCC(C)CC(=O)N1CCNCC1C(=O)O. The van der Waals surface area contributed by atoms with Crippen molar-refractivity contribution in [3.8, 4) is 0 Å². The number of amides is 1. The molecule has 0 radical (unpaired) electrons. The van der Waals surface area contributed by atoms with E-state index < -0.39 is 12.0 Å². The van der Waals surface area contributed by atoms with Crippen LogP contribution in [0.5, 0.6) is 0 Å². The zero-order chi connectivity index (χ0) is 12.1. The molecule has 1 aliphatic heterocycles. The predicted octanol–water partition coefficient (Wildman–Crippen LogP) is 0.308. The molecular weight excluding hydrogens is 208 g/mol. The highest BCUT2D eigenvalue weighted by atomic mass is 16.4. The van der Waals surface area contributed by atoms with E-state index in [0.717, 1.165) is 6.42 Å². The Morgan fingerprint density at radius 3 is 2.81 bits per heavy atom. The van der Waals surface area contributed by atoms with Gasteiger partial charge in [0.1, 0.15) is 6.04 Å². The Hall–Kier alpha value is -1.10. The van der Waals surface area contributed by atoms with Gasteiger partial charge < -0.3 is 15.3 Å². The number of piperazine rings is 1. The van der Waals surface area contributed by atoms with Gasteiger partial charge in [-0.15, -0.1) is 0 Å². The standard InChI is InChI=1S/C11H20N2O3/c1-3-8(2)6-10(14)13-5-4-12-7-9(13)11(15)16/h8-9,12H,3-7H2,1-2H3,(H,15,16). The third-order valence-corrected chi connectivity index (χ3v) is 3.07. The van der Waals surface area contributed by atoms with Gasteiger partial charge in [-0.1, -0.05) is 20.3 Å². The molecule has 92 valence electrons. The molecule has 2 unspecified atom stereocenters. The van der Waals surface area contributed by atoms with E-state index in [0.29, 0.717) is 32.0 Å². The van der Waals surface area contributed by atoms with Crippen LogP contribution < -0.4 is 5.32 Å². The summed E-state index contributed by atoms with van der Waals surface area (Å²) in [5.74, 6) is -0.648. The summed E-state index contributed by atoms with van der Waals surface area (Å²) in [5, 5.41) is 12.0. The van der Waals surface area contributed by atoms with E-state index in [9.17, 15) is 9.59 Å². The highest BCUT2D eigenvalue weighted by Gasteiger charge is 2.31. The van der Waals surface area contributed by atoms with Crippen molar-refractivity contribution >= 4 is 11.9 Å². The van der Waals surface area contributed by atoms with Gasteiger partial charge in [0.15, 0.2) is 0 Å². The second-order valence-corrected chi connectivity index (χ2v) is 4.36. The maximum atomic E-state index is 11.9. The largest absolute Gasteiger partial charge is 0.480 e. The first-order valence-electron chi connectivity index (χ1n) is 5.79. The first-order valence-corrected chi connectivity index (χ1v) is 5.79. The zero-order valence-electron chi connectivity index (χ0n) is 9.90. The fourth-order valence-corrected chi connectivity index (χ4v) is 1.78. The third-order valence-electron chi connectivity index (χ3n) is 3.07. The molecule has 16 heavy (non-hydrogen) atoms. The highest BCUT2D eigenvalue weighted by molar-refractivity contribution is 5.84. The molecule has 1 rings (SSSR count). The van der Waals surface area contributed by atoms with Crippen LogP contribution in [0.2, 0.25) is 0 Å². The van der Waals surface area contributed by atoms with E-state index in [1.807, 2.05) is 13.8 Å². The molecule has 0 aliphatic carbocycles. The van der Waals surface area contributed by atoms with Crippen molar-refractivity contribution in [1.29, 1.82) is 0 Å². The van der Waals surface area contributed by atoms with Crippen molar-refractivity contribution in [2.45, 2.75) is 32.7 Å². The lowest BCUT2D eigenvalue weighted by atomic mass is 10.0. The maximum Gasteiger partial charge on any atom is 0.327 e. The third kappa shape index (κ3) is 3.20. The fraction of sp³-hybridized carbons (Fsp3) is 0.818. The van der Waals surface area contributed by atoms with Crippen molar-refractivity contribution in [3.63, 3.8) is 0 Å². The summed E-state index contributed by atoms with van der Waals surface area (Å²) < 4.78 is 0. The second-order valence-electron chi connectivity index (χ2n) is 4.36. The number of rotatable bonds is 4. The molecule has 1 heterocycles. The Morgan fingerprint density at radius 1 is 1.56 bits per heavy atom. The Morgan fingerprint density at radius 2 is 2.25 bits per heavy atom. The number of carboxylic acids is 1. The van der Waals surface area contributed by atoms with Crippen molar-refractivity contribution in [2.24, 2.45) is 5.92 Å². The van der Waals surface area contributed by atoms with Crippen LogP contribution in [0.3, 0.4) is 0 Å². The van der Waals surface area contributed by atoms with Gasteiger partial charge in [-0.3, -0.25) is 4.79 Å². The lowest BCUT2D eigenvalue weighted by molar-refractivity contribution is -0.151. The van der Waals surface area contributed by atoms with Crippen molar-refractivity contribution < 1.29 is 14.7 Å². The predicted molar refractivity (Wildman–Crippen MR) is 60.1 cm³/mol. The number of carbonyl (C=O) groups excluding carboxylic acids is 1. The topological polar surface area (TPSA) is 69.6 Å². The fourth-order valence-electron chi connectivity index (χ4n) is 1.78. The maximum absolute atomic E-state index is 11.9. The van der Waals surface area contributed by atoms with Gasteiger partial charge in [0.05, 0.1) is 0 Å². The van der Waals surface area contributed by atoms with Crippen LogP contribution in [0.1, 0.15) is 26.7 Å². The molecule has 0 aromatic carbocycles. The highest BCUT2D eigenvalue weighted by Crippen LogP contribution is 2.12. The Bertz CT molecular complexity index is 268. The van der Waals surface area contributed by atoms with E-state index in [-0.39, 0.29) is 5.91 Å². The zero-order valence-corrected chi connectivity index (χ0v) is 9.90. The normalized spacial score (nSPS) is 22.9. The molecule has 1 saturated heterocycles. The van der Waals surface area contributed by atoms with E-state index in [2.05, 4.69) is 5.32 Å². The van der Waals surface area contributed by atoms with Gasteiger partial charge in [0.25, 0.3) is 0 Å². The number of nitrogens with zero attached hydrogens (tertiary/aromatic N) is 1. The monoisotopic (exact) mass is 228 g/mol. The average molecular weight is 228 g/mol. The molecule has 0 aromatic rings. The summed E-state index contributed by atoms with van der Waals surface area (Å²) in [7, 11) is 0. The molecule has 1 aliphatic rings. The molecule has 1 amide bonds. The van der Waals surface area contributed by atoms with Crippen LogP contribution in [0.4, 0.5) is 0 Å². The molecule has 0 aromatic heterocycles. The van der Waals surface area contributed by atoms with Crippen molar-refractivity contribution in [2.75, 3.05) is 19.6 Å². The van der Waals surface area contributed by atoms with Gasteiger partial charge >= 0.3 is 5.97 Å². The van der Waals surface area contributed by atoms with Crippen LogP contribution in [0, 0.1) is 5.92 Å². The van der Waals surface area contributed by atoms with E-state index in [1.165, 1.54) is 4.90 Å². The molecule has 5 heteroatoms. The van der Waals surface area contributed by atoms with Crippen LogP contribution in [-0.2, 0) is 9.59 Å². The number of hydrogen-bond acceptors (Lipinski definition) is 3. The minimum absolute atomic E-state index is 0.0387. The molecular formula is C11H20N2O3. The number of aliphatic carboxylic acids is 1. The Balaban J connectivity index is 2.60. The summed E-state index contributed by atoms with van der Waals surface area (Å²) in [4.78, 5) is 24.4. The van der Waals surface area contributed by atoms with E-state index in [4.69, 9.17) is 5.11 Å². The van der Waals surface area contributed by atoms with E-state index >= 15 is 0 Å². The first-order chi connectivity index (χ1) is 7.56. The number of carbonyl (C=O) groups is 2. The van der Waals surface area contributed by atoms with Crippen molar-refractivity contribution in [3.05, 3.63) is 0 Å². The van der Waals surface area contributed by atoms with Crippen LogP contribution in [0.25, 0.3) is 0 Å². The van der Waals surface area contributed by atoms with Crippen LogP contribution in [-0.4, -0.2) is 47.6 Å². The van der Waals surface area contributed by atoms with Gasteiger partial charge in [-0.25, -0.2) is 4.79 Å².